The average molecular weight is 312 g/mol. The third-order valence-corrected chi connectivity index (χ3v) is 4.43. The molecule has 0 fully saturated rings. The van der Waals surface area contributed by atoms with Gasteiger partial charge >= 0.3 is 0 Å². The first kappa shape index (κ1) is 15.3. The van der Waals surface area contributed by atoms with E-state index < -0.39 is 0 Å². The molecule has 120 valence electrons. The van der Waals surface area contributed by atoms with Gasteiger partial charge in [0.05, 0.1) is 13.2 Å². The number of methoxy groups -OCH3 is 1. The van der Waals surface area contributed by atoms with Gasteiger partial charge in [0.2, 0.25) is 0 Å². The lowest BCUT2D eigenvalue weighted by Crippen LogP contribution is -2.45. The summed E-state index contributed by atoms with van der Waals surface area (Å²) in [5.74, 6) is 0.493. The van der Waals surface area contributed by atoms with E-state index in [0.717, 1.165) is 17.7 Å². The van der Waals surface area contributed by atoms with E-state index in [1.165, 1.54) is 17.8 Å². The maximum absolute atomic E-state index is 12.9. The first-order valence-electron chi connectivity index (χ1n) is 7.66. The molecular weight excluding hydrogens is 292 g/mol. The SMILES string of the molecule is COc1ccc2c(c1)CC(C)N(C(=O)c1ncccc1O)C2C. The van der Waals surface area contributed by atoms with Crippen molar-refractivity contribution in [1.82, 2.24) is 9.88 Å². The molecule has 2 heterocycles. The topological polar surface area (TPSA) is 62.7 Å². The number of nitrogens with zero attached hydrogens (tertiary/aromatic N) is 2. The van der Waals surface area contributed by atoms with Crippen LogP contribution in [-0.4, -0.2) is 34.0 Å². The number of aromatic hydroxyl groups is 1. The molecule has 0 saturated carbocycles. The van der Waals surface area contributed by atoms with E-state index in [1.54, 1.807) is 18.1 Å². The molecule has 2 unspecified atom stereocenters. The number of aromatic nitrogens is 1. The number of carbonyl (C=O) groups excluding carboxylic acids is 1. The summed E-state index contributed by atoms with van der Waals surface area (Å²) in [6.45, 7) is 4.01. The van der Waals surface area contributed by atoms with Gasteiger partial charge in [-0.1, -0.05) is 6.07 Å². The minimum Gasteiger partial charge on any atom is -0.505 e. The Morgan fingerprint density at radius 3 is 2.83 bits per heavy atom. The molecule has 1 aromatic heterocycles. The quantitative estimate of drug-likeness (QED) is 0.926. The number of amides is 1. The zero-order valence-corrected chi connectivity index (χ0v) is 13.5. The predicted molar refractivity (Wildman–Crippen MR) is 86.6 cm³/mol. The van der Waals surface area contributed by atoms with Crippen LogP contribution in [0.4, 0.5) is 0 Å². The van der Waals surface area contributed by atoms with Crippen LogP contribution in [0, 0.1) is 0 Å². The van der Waals surface area contributed by atoms with Crippen LogP contribution in [0.3, 0.4) is 0 Å². The van der Waals surface area contributed by atoms with E-state index >= 15 is 0 Å². The lowest BCUT2D eigenvalue weighted by molar-refractivity contribution is 0.0571. The molecule has 0 saturated heterocycles. The average Bonchev–Trinajstić information content (AvgIpc) is 2.54. The Kier molecular flexibility index (Phi) is 3.94. The molecule has 23 heavy (non-hydrogen) atoms. The van der Waals surface area contributed by atoms with Crippen LogP contribution < -0.4 is 4.74 Å². The maximum Gasteiger partial charge on any atom is 0.277 e. The van der Waals surface area contributed by atoms with Crippen LogP contribution in [0.1, 0.15) is 41.5 Å². The predicted octanol–water partition coefficient (Wildman–Crippen LogP) is 2.94. The number of carbonyl (C=O) groups is 1. The monoisotopic (exact) mass is 312 g/mol. The summed E-state index contributed by atoms with van der Waals surface area (Å²) in [6, 6.07) is 8.96. The van der Waals surface area contributed by atoms with Crippen LogP contribution in [0.25, 0.3) is 0 Å². The molecule has 0 spiro atoms. The van der Waals surface area contributed by atoms with Crippen LogP contribution >= 0.6 is 0 Å². The third kappa shape index (κ3) is 2.63. The molecule has 1 aliphatic heterocycles. The molecule has 0 radical (unpaired) electrons. The normalized spacial score (nSPS) is 20.0. The standard InChI is InChI=1S/C18H20N2O3/c1-11-9-13-10-14(23-3)6-7-15(13)12(2)20(11)18(22)17-16(21)5-4-8-19-17/h4-8,10-12,21H,9H2,1-3H3. The number of hydrogen-bond donors (Lipinski definition) is 1. The number of ether oxygens (including phenoxy) is 1. The smallest absolute Gasteiger partial charge is 0.277 e. The van der Waals surface area contributed by atoms with Gasteiger partial charge in [0.15, 0.2) is 5.69 Å². The minimum atomic E-state index is -0.246. The summed E-state index contributed by atoms with van der Waals surface area (Å²) < 4.78 is 5.29. The Morgan fingerprint density at radius 1 is 1.35 bits per heavy atom. The lowest BCUT2D eigenvalue weighted by atomic mass is 9.89. The van der Waals surface area contributed by atoms with E-state index in [0.29, 0.717) is 0 Å². The molecule has 1 aliphatic rings. The molecule has 1 aromatic carbocycles. The van der Waals surface area contributed by atoms with E-state index in [4.69, 9.17) is 4.74 Å². The van der Waals surface area contributed by atoms with Crippen molar-refractivity contribution in [2.45, 2.75) is 32.4 Å². The highest BCUT2D eigenvalue weighted by molar-refractivity contribution is 5.95. The maximum atomic E-state index is 12.9. The van der Waals surface area contributed by atoms with Gasteiger partial charge in [0, 0.05) is 12.2 Å². The molecule has 3 rings (SSSR count). The van der Waals surface area contributed by atoms with Gasteiger partial charge in [-0.25, -0.2) is 4.98 Å². The fourth-order valence-corrected chi connectivity index (χ4v) is 3.30. The van der Waals surface area contributed by atoms with Crippen molar-refractivity contribution in [3.8, 4) is 11.5 Å². The first-order chi connectivity index (χ1) is 11.0. The summed E-state index contributed by atoms with van der Waals surface area (Å²) in [5.41, 5.74) is 2.40. The van der Waals surface area contributed by atoms with Gasteiger partial charge in [0.25, 0.3) is 5.91 Å². The van der Waals surface area contributed by atoms with Crippen molar-refractivity contribution in [2.75, 3.05) is 7.11 Å². The lowest BCUT2D eigenvalue weighted by Gasteiger charge is -2.40. The van der Waals surface area contributed by atoms with Gasteiger partial charge in [-0.2, -0.15) is 0 Å². The Labute approximate surface area is 135 Å². The second kappa shape index (κ2) is 5.91. The third-order valence-electron chi connectivity index (χ3n) is 4.43. The molecule has 1 amide bonds. The van der Waals surface area contributed by atoms with Gasteiger partial charge in [0.1, 0.15) is 11.5 Å². The number of pyridine rings is 1. The first-order valence-corrected chi connectivity index (χ1v) is 7.66. The molecule has 5 heteroatoms. The van der Waals surface area contributed by atoms with Crippen LogP contribution in [0.15, 0.2) is 36.5 Å². The van der Waals surface area contributed by atoms with Crippen LogP contribution in [0.5, 0.6) is 11.5 Å². The Bertz CT molecular complexity index is 745. The number of fused-ring (bicyclic) bond motifs is 1. The molecule has 1 N–H and O–H groups in total. The highest BCUT2D eigenvalue weighted by Gasteiger charge is 2.34. The van der Waals surface area contributed by atoms with Crippen molar-refractivity contribution >= 4 is 5.91 Å². The van der Waals surface area contributed by atoms with Crippen molar-refractivity contribution in [3.05, 3.63) is 53.3 Å². The van der Waals surface area contributed by atoms with Crippen molar-refractivity contribution < 1.29 is 14.6 Å². The number of benzene rings is 1. The molecular formula is C18H20N2O3. The number of rotatable bonds is 2. The Morgan fingerprint density at radius 2 is 2.13 bits per heavy atom. The molecule has 0 bridgehead atoms. The van der Waals surface area contributed by atoms with Crippen molar-refractivity contribution in [3.63, 3.8) is 0 Å². The largest absolute Gasteiger partial charge is 0.505 e. The van der Waals surface area contributed by atoms with Crippen molar-refractivity contribution in [1.29, 1.82) is 0 Å². The summed E-state index contributed by atoms with van der Waals surface area (Å²) in [6.07, 6.45) is 2.27. The summed E-state index contributed by atoms with van der Waals surface area (Å²) in [7, 11) is 1.65. The molecule has 2 atom stereocenters. The van der Waals surface area contributed by atoms with Crippen molar-refractivity contribution in [2.24, 2.45) is 0 Å². The molecule has 2 aromatic rings. The van der Waals surface area contributed by atoms with E-state index in [-0.39, 0.29) is 29.4 Å². The van der Waals surface area contributed by atoms with E-state index in [1.807, 2.05) is 32.0 Å². The van der Waals surface area contributed by atoms with Gasteiger partial charge in [-0.15, -0.1) is 0 Å². The number of hydrogen-bond acceptors (Lipinski definition) is 4. The zero-order valence-electron chi connectivity index (χ0n) is 13.5. The minimum absolute atomic E-state index is 0.0125. The van der Waals surface area contributed by atoms with E-state index in [9.17, 15) is 9.90 Å². The Balaban J connectivity index is 1.98. The second-order valence-electron chi connectivity index (χ2n) is 5.88. The van der Waals surface area contributed by atoms with Gasteiger partial charge in [-0.3, -0.25) is 4.79 Å². The zero-order chi connectivity index (χ0) is 16.6. The summed E-state index contributed by atoms with van der Waals surface area (Å²) in [4.78, 5) is 18.7. The second-order valence-corrected chi connectivity index (χ2v) is 5.88. The van der Waals surface area contributed by atoms with Crippen LogP contribution in [0.2, 0.25) is 0 Å². The Hall–Kier alpha value is -2.56. The van der Waals surface area contributed by atoms with Gasteiger partial charge in [-0.05, 0) is 55.7 Å². The molecule has 5 nitrogen and oxygen atoms in total. The fourth-order valence-electron chi connectivity index (χ4n) is 3.30. The summed E-state index contributed by atoms with van der Waals surface area (Å²) in [5, 5.41) is 9.92. The highest BCUT2D eigenvalue weighted by Crippen LogP contribution is 2.36. The summed E-state index contributed by atoms with van der Waals surface area (Å²) >= 11 is 0. The highest BCUT2D eigenvalue weighted by atomic mass is 16.5. The molecule has 0 aliphatic carbocycles. The van der Waals surface area contributed by atoms with Crippen LogP contribution in [-0.2, 0) is 6.42 Å². The fraction of sp³-hybridized carbons (Fsp3) is 0.333. The van der Waals surface area contributed by atoms with Gasteiger partial charge < -0.3 is 14.7 Å². The van der Waals surface area contributed by atoms with E-state index in [2.05, 4.69) is 4.98 Å².